The second-order valence-electron chi connectivity index (χ2n) is 11.7. The average Bonchev–Trinajstić information content (AvgIpc) is 3.00. The lowest BCUT2D eigenvalue weighted by Crippen LogP contribution is -2.47. The van der Waals surface area contributed by atoms with Crippen molar-refractivity contribution in [1.29, 1.82) is 0 Å². The summed E-state index contributed by atoms with van der Waals surface area (Å²) in [6.45, 7) is 1.84. The van der Waals surface area contributed by atoms with Crippen LogP contribution in [0.2, 0.25) is 0 Å². The van der Waals surface area contributed by atoms with Gasteiger partial charge in [0.05, 0.1) is 12.3 Å². The molecule has 4 amide bonds. The van der Waals surface area contributed by atoms with Crippen LogP contribution in [-0.4, -0.2) is 60.1 Å². The summed E-state index contributed by atoms with van der Waals surface area (Å²) in [6.07, 6.45) is 5.64. The quantitative estimate of drug-likeness (QED) is 0.346. The standard InChI is InChI=1S/C35H40N4O4/c1-38(22-20-25-7-3-2-4-8-25)34(42)28-14-18-30(19-15-28)36-32(40)23-26-12-16-31(17-13-26)37-33(41)29-11-6-21-39(24-29)35(43)27-9-5-10-27/h2-4,7-8,12-19,27,29H,5-6,9-11,20-24H2,1H3,(H,36,40)(H,37,41). The van der Waals surface area contributed by atoms with E-state index in [4.69, 9.17) is 0 Å². The molecule has 43 heavy (non-hydrogen) atoms. The molecule has 2 aliphatic rings. The van der Waals surface area contributed by atoms with Crippen LogP contribution in [0, 0.1) is 11.8 Å². The van der Waals surface area contributed by atoms with Gasteiger partial charge in [0.2, 0.25) is 17.7 Å². The fraction of sp³-hybridized carbons (Fsp3) is 0.371. The van der Waals surface area contributed by atoms with Crippen LogP contribution in [0.4, 0.5) is 11.4 Å². The van der Waals surface area contributed by atoms with Crippen molar-refractivity contribution in [3.05, 3.63) is 95.6 Å². The lowest BCUT2D eigenvalue weighted by atomic mass is 9.83. The Morgan fingerprint density at radius 1 is 0.767 bits per heavy atom. The number of piperidine rings is 1. The van der Waals surface area contributed by atoms with Gasteiger partial charge in [0.25, 0.3) is 5.91 Å². The Balaban J connectivity index is 1.06. The zero-order chi connectivity index (χ0) is 30.2. The number of carbonyl (C=O) groups is 4. The number of likely N-dealkylation sites (N-methyl/N-ethyl adjacent to an activating group) is 1. The minimum absolute atomic E-state index is 0.0658. The fourth-order valence-corrected chi connectivity index (χ4v) is 5.61. The Morgan fingerprint density at radius 2 is 1.42 bits per heavy atom. The highest BCUT2D eigenvalue weighted by atomic mass is 16.2. The first-order valence-electron chi connectivity index (χ1n) is 15.2. The molecule has 1 heterocycles. The number of anilines is 2. The number of likely N-dealkylation sites (tertiary alicyclic amines) is 1. The monoisotopic (exact) mass is 580 g/mol. The number of hydrogen-bond donors (Lipinski definition) is 2. The number of nitrogens with one attached hydrogen (secondary N) is 2. The SMILES string of the molecule is CN(CCc1ccccc1)C(=O)c1ccc(NC(=O)Cc2ccc(NC(=O)C3CCCN(C(=O)C4CCC4)C3)cc2)cc1. The van der Waals surface area contributed by atoms with Gasteiger partial charge in [0.1, 0.15) is 0 Å². The van der Waals surface area contributed by atoms with Gasteiger partial charge in [-0.3, -0.25) is 19.2 Å². The smallest absolute Gasteiger partial charge is 0.253 e. The average molecular weight is 581 g/mol. The molecule has 1 atom stereocenters. The molecule has 2 fully saturated rings. The maximum atomic E-state index is 12.9. The van der Waals surface area contributed by atoms with E-state index in [1.54, 1.807) is 48.3 Å². The number of hydrogen-bond acceptors (Lipinski definition) is 4. The molecule has 0 radical (unpaired) electrons. The van der Waals surface area contributed by atoms with Gasteiger partial charge in [0.15, 0.2) is 0 Å². The highest BCUT2D eigenvalue weighted by molar-refractivity contribution is 5.96. The van der Waals surface area contributed by atoms with Crippen LogP contribution in [0.1, 0.15) is 53.6 Å². The molecule has 5 rings (SSSR count). The van der Waals surface area contributed by atoms with Crippen LogP contribution in [0.5, 0.6) is 0 Å². The van der Waals surface area contributed by atoms with Gasteiger partial charge in [-0.25, -0.2) is 0 Å². The van der Waals surface area contributed by atoms with Gasteiger partial charge in [-0.1, -0.05) is 48.9 Å². The first kappa shape index (κ1) is 30.0. The second kappa shape index (κ2) is 14.1. The molecule has 1 unspecified atom stereocenters. The van der Waals surface area contributed by atoms with E-state index in [0.717, 1.165) is 50.6 Å². The van der Waals surface area contributed by atoms with Crippen molar-refractivity contribution in [3.63, 3.8) is 0 Å². The molecular formula is C35H40N4O4. The van der Waals surface area contributed by atoms with Crippen molar-refractivity contribution in [2.75, 3.05) is 37.3 Å². The summed E-state index contributed by atoms with van der Waals surface area (Å²) in [5.74, 6) is -0.158. The summed E-state index contributed by atoms with van der Waals surface area (Å²) in [5.41, 5.74) is 3.86. The Kier molecular flexibility index (Phi) is 9.87. The summed E-state index contributed by atoms with van der Waals surface area (Å²) >= 11 is 0. The molecule has 0 aromatic heterocycles. The summed E-state index contributed by atoms with van der Waals surface area (Å²) in [4.78, 5) is 54.6. The van der Waals surface area contributed by atoms with Gasteiger partial charge in [0, 0.05) is 49.5 Å². The van der Waals surface area contributed by atoms with E-state index in [1.807, 2.05) is 35.2 Å². The lowest BCUT2D eigenvalue weighted by molar-refractivity contribution is -0.141. The first-order chi connectivity index (χ1) is 20.9. The van der Waals surface area contributed by atoms with Crippen molar-refractivity contribution in [1.82, 2.24) is 9.80 Å². The maximum Gasteiger partial charge on any atom is 0.253 e. The van der Waals surface area contributed by atoms with Crippen LogP contribution >= 0.6 is 0 Å². The molecule has 1 saturated carbocycles. The van der Waals surface area contributed by atoms with E-state index in [0.29, 0.717) is 30.0 Å². The van der Waals surface area contributed by atoms with Gasteiger partial charge in [-0.15, -0.1) is 0 Å². The Morgan fingerprint density at radius 3 is 2.09 bits per heavy atom. The third-order valence-corrected chi connectivity index (χ3v) is 8.49. The topological polar surface area (TPSA) is 98.8 Å². The van der Waals surface area contributed by atoms with Crippen molar-refractivity contribution in [3.8, 4) is 0 Å². The van der Waals surface area contributed by atoms with E-state index in [9.17, 15) is 19.2 Å². The Bertz CT molecular complexity index is 1420. The van der Waals surface area contributed by atoms with Gasteiger partial charge in [-0.05, 0) is 79.6 Å². The third-order valence-electron chi connectivity index (χ3n) is 8.49. The van der Waals surface area contributed by atoms with E-state index >= 15 is 0 Å². The van der Waals surface area contributed by atoms with Crippen LogP contribution in [0.3, 0.4) is 0 Å². The van der Waals surface area contributed by atoms with Gasteiger partial charge >= 0.3 is 0 Å². The zero-order valence-corrected chi connectivity index (χ0v) is 24.8. The summed E-state index contributed by atoms with van der Waals surface area (Å²) in [6, 6.07) is 24.2. The van der Waals surface area contributed by atoms with E-state index in [-0.39, 0.29) is 41.9 Å². The predicted octanol–water partition coefficient (Wildman–Crippen LogP) is 5.16. The van der Waals surface area contributed by atoms with E-state index < -0.39 is 0 Å². The second-order valence-corrected chi connectivity index (χ2v) is 11.7. The van der Waals surface area contributed by atoms with Gasteiger partial charge in [-0.2, -0.15) is 0 Å². The van der Waals surface area contributed by atoms with Gasteiger partial charge < -0.3 is 20.4 Å². The van der Waals surface area contributed by atoms with Crippen molar-refractivity contribution >= 4 is 35.0 Å². The fourth-order valence-electron chi connectivity index (χ4n) is 5.61. The molecule has 3 aromatic rings. The molecule has 8 nitrogen and oxygen atoms in total. The number of carbonyl (C=O) groups excluding carboxylic acids is 4. The molecule has 3 aromatic carbocycles. The normalized spacial score (nSPS) is 16.6. The number of rotatable bonds is 10. The van der Waals surface area contributed by atoms with Crippen LogP contribution in [0.15, 0.2) is 78.9 Å². The minimum Gasteiger partial charge on any atom is -0.342 e. The Hall–Kier alpha value is -4.46. The highest BCUT2D eigenvalue weighted by Gasteiger charge is 2.34. The molecule has 1 saturated heterocycles. The molecular weight excluding hydrogens is 540 g/mol. The largest absolute Gasteiger partial charge is 0.342 e. The predicted molar refractivity (Wildman–Crippen MR) is 168 cm³/mol. The highest BCUT2D eigenvalue weighted by Crippen LogP contribution is 2.30. The Labute approximate surface area is 253 Å². The van der Waals surface area contributed by atoms with Crippen LogP contribution < -0.4 is 10.6 Å². The number of benzene rings is 3. The van der Waals surface area contributed by atoms with E-state index in [1.165, 1.54) is 5.56 Å². The van der Waals surface area contributed by atoms with E-state index in [2.05, 4.69) is 22.8 Å². The van der Waals surface area contributed by atoms with Crippen molar-refractivity contribution in [2.45, 2.75) is 44.9 Å². The molecule has 1 aliphatic heterocycles. The first-order valence-corrected chi connectivity index (χ1v) is 15.2. The van der Waals surface area contributed by atoms with Crippen LogP contribution in [-0.2, 0) is 27.2 Å². The number of nitrogens with zero attached hydrogens (tertiary/aromatic N) is 2. The van der Waals surface area contributed by atoms with Crippen LogP contribution in [0.25, 0.3) is 0 Å². The van der Waals surface area contributed by atoms with Crippen molar-refractivity contribution in [2.24, 2.45) is 11.8 Å². The molecule has 224 valence electrons. The molecule has 2 N–H and O–H groups in total. The molecule has 1 aliphatic carbocycles. The van der Waals surface area contributed by atoms with Crippen molar-refractivity contribution < 1.29 is 19.2 Å². The molecule has 0 bridgehead atoms. The zero-order valence-electron chi connectivity index (χ0n) is 24.8. The molecule has 8 heteroatoms. The minimum atomic E-state index is -0.209. The molecule has 0 spiro atoms. The summed E-state index contributed by atoms with van der Waals surface area (Å²) in [7, 11) is 1.79. The summed E-state index contributed by atoms with van der Waals surface area (Å²) in [5, 5.41) is 5.86. The lowest BCUT2D eigenvalue weighted by Gasteiger charge is -2.36. The third kappa shape index (κ3) is 8.09. The maximum absolute atomic E-state index is 12.9. The number of amides is 4. The summed E-state index contributed by atoms with van der Waals surface area (Å²) < 4.78 is 0.